The lowest BCUT2D eigenvalue weighted by Crippen LogP contribution is -2.48. The van der Waals surface area contributed by atoms with Gasteiger partial charge in [0, 0.05) is 11.6 Å². The van der Waals surface area contributed by atoms with E-state index in [0.29, 0.717) is 18.0 Å². The molecule has 1 atom stereocenters. The van der Waals surface area contributed by atoms with Crippen molar-refractivity contribution in [3.63, 3.8) is 0 Å². The lowest BCUT2D eigenvalue weighted by Gasteiger charge is -2.31. The largest absolute Gasteiger partial charge is 0.315 e. The smallest absolute Gasteiger partial charge is 0.244 e. The predicted octanol–water partition coefficient (Wildman–Crippen LogP) is 1.80. The van der Waals surface area contributed by atoms with Gasteiger partial charge < -0.3 is 5.73 Å². The van der Waals surface area contributed by atoms with Crippen molar-refractivity contribution in [3.05, 3.63) is 29.3 Å². The number of rotatable bonds is 2. The quantitative estimate of drug-likeness (QED) is 0.894. The lowest BCUT2D eigenvalue weighted by molar-refractivity contribution is 0.258. The minimum Gasteiger partial charge on any atom is -0.315 e. The van der Waals surface area contributed by atoms with Crippen LogP contribution in [0.15, 0.2) is 29.2 Å². The van der Waals surface area contributed by atoms with Gasteiger partial charge >= 0.3 is 0 Å². The highest BCUT2D eigenvalue weighted by Gasteiger charge is 2.31. The Balaban J connectivity index is 2.32. The number of nitrogens with two attached hydrogens (primary N) is 1. The summed E-state index contributed by atoms with van der Waals surface area (Å²) in [5.41, 5.74) is 5.85. The molecule has 1 aliphatic heterocycles. The zero-order valence-corrected chi connectivity index (χ0v) is 10.9. The van der Waals surface area contributed by atoms with Gasteiger partial charge in [-0.3, -0.25) is 0 Å². The van der Waals surface area contributed by atoms with Crippen LogP contribution in [0.4, 0.5) is 0 Å². The van der Waals surface area contributed by atoms with E-state index in [4.69, 9.17) is 17.3 Å². The summed E-state index contributed by atoms with van der Waals surface area (Å²) in [6, 6.07) is 6.17. The highest BCUT2D eigenvalue weighted by atomic mass is 35.5. The second-order valence-corrected chi connectivity index (χ2v) is 6.46. The molecule has 0 aromatic heterocycles. The van der Waals surface area contributed by atoms with Crippen molar-refractivity contribution in [2.24, 2.45) is 5.73 Å². The number of hydrogen-bond donors (Lipinski definition) is 1. The molecule has 1 saturated heterocycles. The van der Waals surface area contributed by atoms with Gasteiger partial charge in [-0.15, -0.1) is 0 Å². The molecular formula is C11H15ClN2O2S. The Hall–Kier alpha value is -0.620. The average Bonchev–Trinajstić information content (AvgIpc) is 2.30. The van der Waals surface area contributed by atoms with Crippen LogP contribution in [0.2, 0.25) is 5.02 Å². The van der Waals surface area contributed by atoms with E-state index in [2.05, 4.69) is 0 Å². The Kier molecular flexibility index (Phi) is 3.73. The van der Waals surface area contributed by atoms with Gasteiger partial charge in [-0.1, -0.05) is 11.6 Å². The van der Waals surface area contributed by atoms with Crippen LogP contribution in [0.3, 0.4) is 0 Å². The SMILES string of the molecule is NC1CCCCN1S(=O)(=O)c1ccc(Cl)cc1. The van der Waals surface area contributed by atoms with Crippen molar-refractivity contribution in [3.8, 4) is 0 Å². The molecule has 17 heavy (non-hydrogen) atoms. The number of hydrogen-bond acceptors (Lipinski definition) is 3. The van der Waals surface area contributed by atoms with E-state index in [9.17, 15) is 8.42 Å². The van der Waals surface area contributed by atoms with Crippen molar-refractivity contribution in [1.82, 2.24) is 4.31 Å². The van der Waals surface area contributed by atoms with Crippen LogP contribution in [0.5, 0.6) is 0 Å². The summed E-state index contributed by atoms with van der Waals surface area (Å²) < 4.78 is 26.0. The standard InChI is InChI=1S/C11H15ClN2O2S/c12-9-4-6-10(7-5-9)17(15,16)14-8-2-1-3-11(14)13/h4-7,11H,1-3,8,13H2. The van der Waals surface area contributed by atoms with E-state index >= 15 is 0 Å². The third-order valence-electron chi connectivity index (χ3n) is 2.92. The summed E-state index contributed by atoms with van der Waals surface area (Å²) in [7, 11) is -3.48. The molecule has 0 amide bonds. The van der Waals surface area contributed by atoms with Crippen molar-refractivity contribution in [2.45, 2.75) is 30.3 Å². The Morgan fingerprint density at radius 3 is 2.47 bits per heavy atom. The second kappa shape index (κ2) is 4.94. The summed E-state index contributed by atoms with van der Waals surface area (Å²) in [4.78, 5) is 0.249. The number of piperidine rings is 1. The molecule has 0 saturated carbocycles. The van der Waals surface area contributed by atoms with E-state index < -0.39 is 16.2 Å². The highest BCUT2D eigenvalue weighted by Crippen LogP contribution is 2.23. The lowest BCUT2D eigenvalue weighted by atomic mass is 10.1. The fourth-order valence-corrected chi connectivity index (χ4v) is 3.68. The Morgan fingerprint density at radius 1 is 1.24 bits per heavy atom. The fraction of sp³-hybridized carbons (Fsp3) is 0.455. The van der Waals surface area contributed by atoms with E-state index in [1.54, 1.807) is 12.1 Å². The topological polar surface area (TPSA) is 63.4 Å². The molecule has 1 fully saturated rings. The number of nitrogens with zero attached hydrogens (tertiary/aromatic N) is 1. The molecule has 0 radical (unpaired) electrons. The van der Waals surface area contributed by atoms with Crippen LogP contribution < -0.4 is 5.73 Å². The molecule has 4 nitrogen and oxygen atoms in total. The minimum absolute atomic E-state index is 0.249. The zero-order valence-electron chi connectivity index (χ0n) is 9.34. The van der Waals surface area contributed by atoms with Crippen LogP contribution in [0, 0.1) is 0 Å². The molecule has 0 bridgehead atoms. The van der Waals surface area contributed by atoms with Crippen LogP contribution in [0.1, 0.15) is 19.3 Å². The molecule has 2 N–H and O–H groups in total. The average molecular weight is 275 g/mol. The van der Waals surface area contributed by atoms with Gasteiger partial charge in [-0.2, -0.15) is 4.31 Å². The summed E-state index contributed by atoms with van der Waals surface area (Å²) in [6.07, 6.45) is 2.14. The van der Waals surface area contributed by atoms with Gasteiger partial charge in [0.1, 0.15) is 0 Å². The first-order valence-electron chi connectivity index (χ1n) is 5.55. The van der Waals surface area contributed by atoms with Crippen LogP contribution in [-0.4, -0.2) is 25.4 Å². The summed E-state index contributed by atoms with van der Waals surface area (Å²) in [6.45, 7) is 0.492. The Morgan fingerprint density at radius 2 is 1.88 bits per heavy atom. The molecule has 1 heterocycles. The van der Waals surface area contributed by atoms with E-state index in [1.165, 1.54) is 16.4 Å². The maximum absolute atomic E-state index is 12.3. The van der Waals surface area contributed by atoms with Gasteiger partial charge in [-0.25, -0.2) is 8.42 Å². The molecule has 2 rings (SSSR count). The summed E-state index contributed by atoms with van der Waals surface area (Å²) in [5.74, 6) is 0. The number of halogens is 1. The highest BCUT2D eigenvalue weighted by molar-refractivity contribution is 7.89. The van der Waals surface area contributed by atoms with E-state index in [0.717, 1.165) is 12.8 Å². The van der Waals surface area contributed by atoms with Crippen LogP contribution in [-0.2, 0) is 10.0 Å². The predicted molar refractivity (Wildman–Crippen MR) is 67.2 cm³/mol. The van der Waals surface area contributed by atoms with Gasteiger partial charge in [0.15, 0.2) is 0 Å². The second-order valence-electron chi connectivity index (χ2n) is 4.13. The Labute approximate surface area is 106 Å². The molecule has 1 aromatic carbocycles. The molecule has 1 aliphatic rings. The van der Waals surface area contributed by atoms with Crippen molar-refractivity contribution >= 4 is 21.6 Å². The summed E-state index contributed by atoms with van der Waals surface area (Å²) >= 11 is 5.74. The van der Waals surface area contributed by atoms with Crippen LogP contribution in [0.25, 0.3) is 0 Å². The van der Waals surface area contributed by atoms with E-state index in [1.807, 2.05) is 0 Å². The Bertz CT molecular complexity index is 487. The summed E-state index contributed by atoms with van der Waals surface area (Å²) in [5, 5.41) is 0.520. The molecule has 0 spiro atoms. The van der Waals surface area contributed by atoms with Gasteiger partial charge in [0.05, 0.1) is 11.1 Å². The maximum Gasteiger partial charge on any atom is 0.244 e. The molecule has 94 valence electrons. The minimum atomic E-state index is -3.48. The maximum atomic E-state index is 12.3. The van der Waals surface area contributed by atoms with Gasteiger partial charge in [0.2, 0.25) is 10.0 Å². The van der Waals surface area contributed by atoms with Gasteiger partial charge in [0.25, 0.3) is 0 Å². The molecule has 1 aromatic rings. The third-order valence-corrected chi connectivity index (χ3v) is 5.11. The van der Waals surface area contributed by atoms with Crippen LogP contribution >= 0.6 is 11.6 Å². The molecule has 6 heteroatoms. The third kappa shape index (κ3) is 2.63. The van der Waals surface area contributed by atoms with Crippen molar-refractivity contribution in [2.75, 3.05) is 6.54 Å². The zero-order chi connectivity index (χ0) is 12.5. The number of sulfonamides is 1. The van der Waals surface area contributed by atoms with E-state index in [-0.39, 0.29) is 4.90 Å². The van der Waals surface area contributed by atoms with Crippen molar-refractivity contribution in [1.29, 1.82) is 0 Å². The first-order valence-corrected chi connectivity index (χ1v) is 7.36. The molecule has 0 aliphatic carbocycles. The van der Waals surface area contributed by atoms with Gasteiger partial charge in [-0.05, 0) is 43.5 Å². The fourth-order valence-electron chi connectivity index (χ4n) is 1.97. The molecule has 1 unspecified atom stereocenters. The number of benzene rings is 1. The first kappa shape index (κ1) is 12.8. The monoisotopic (exact) mass is 274 g/mol. The van der Waals surface area contributed by atoms with Crippen molar-refractivity contribution < 1.29 is 8.42 Å². The normalized spacial score (nSPS) is 22.6. The first-order chi connectivity index (χ1) is 8.01. The molecular weight excluding hydrogens is 260 g/mol.